The fourth-order valence-corrected chi connectivity index (χ4v) is 1.78. The molecule has 0 spiro atoms. The van der Waals surface area contributed by atoms with Gasteiger partial charge in [-0.1, -0.05) is 0 Å². The molecule has 1 heterocycles. The van der Waals surface area contributed by atoms with Gasteiger partial charge >= 0.3 is 6.03 Å². The van der Waals surface area contributed by atoms with Gasteiger partial charge in [0.1, 0.15) is 11.4 Å². The highest BCUT2D eigenvalue weighted by molar-refractivity contribution is 6.31. The lowest BCUT2D eigenvalue weighted by molar-refractivity contribution is -0.125. The van der Waals surface area contributed by atoms with Gasteiger partial charge in [-0.2, -0.15) is 0 Å². The number of halogens is 1. The first-order valence-corrected chi connectivity index (χ1v) is 5.88. The van der Waals surface area contributed by atoms with E-state index in [-0.39, 0.29) is 5.91 Å². The largest absolute Gasteiger partial charge is 0.357 e. The molecule has 17 heavy (non-hydrogen) atoms. The number of imide groups is 1. The van der Waals surface area contributed by atoms with Gasteiger partial charge in [-0.15, -0.1) is 11.6 Å². The van der Waals surface area contributed by atoms with Crippen molar-refractivity contribution in [2.75, 3.05) is 13.6 Å². The fraction of sp³-hybridized carbons (Fsp3) is 0.700. The van der Waals surface area contributed by atoms with Gasteiger partial charge in [0.25, 0.3) is 0 Å². The Labute approximate surface area is 105 Å². The molecule has 7 heteroatoms. The molecule has 1 aliphatic rings. The van der Waals surface area contributed by atoms with Gasteiger partial charge in [0.2, 0.25) is 11.8 Å². The summed E-state index contributed by atoms with van der Waals surface area (Å²) >= 11 is 5.54. The van der Waals surface area contributed by atoms with Crippen molar-refractivity contribution in [2.45, 2.75) is 31.2 Å². The Balaban J connectivity index is 2.62. The number of carbonyl (C=O) groups is 3. The van der Waals surface area contributed by atoms with E-state index < -0.39 is 23.4 Å². The second kappa shape index (κ2) is 5.86. The van der Waals surface area contributed by atoms with Crippen LogP contribution in [0.5, 0.6) is 0 Å². The molecule has 0 bridgehead atoms. The maximum Gasteiger partial charge on any atom is 0.324 e. The first-order valence-electron chi connectivity index (χ1n) is 5.44. The molecule has 2 unspecified atom stereocenters. The Bertz CT molecular complexity index is 333. The fourth-order valence-electron chi connectivity index (χ4n) is 1.73. The lowest BCUT2D eigenvalue weighted by Gasteiger charge is -2.23. The minimum absolute atomic E-state index is 0.218. The summed E-state index contributed by atoms with van der Waals surface area (Å²) in [6.07, 6.45) is 1.35. The molecule has 1 saturated heterocycles. The number of likely N-dealkylation sites (tertiary alicyclic amines) is 1. The molecule has 0 saturated carbocycles. The van der Waals surface area contributed by atoms with Gasteiger partial charge in [-0.25, -0.2) is 4.79 Å². The standard InChI is InChI=1S/C10H16ClN3O3/c1-6(11)8(15)13-10(17)14-5-3-4-7(14)9(16)12-2/h6-7H,3-5H2,1-2H3,(H,12,16)(H,13,15,17). The van der Waals surface area contributed by atoms with E-state index in [0.29, 0.717) is 13.0 Å². The van der Waals surface area contributed by atoms with Crippen molar-refractivity contribution < 1.29 is 14.4 Å². The second-order valence-electron chi connectivity index (χ2n) is 3.88. The lowest BCUT2D eigenvalue weighted by Crippen LogP contribution is -2.51. The number of rotatable bonds is 2. The zero-order valence-electron chi connectivity index (χ0n) is 9.83. The Morgan fingerprint density at radius 2 is 2.06 bits per heavy atom. The molecule has 0 aromatic rings. The predicted octanol–water partition coefficient (Wildman–Crippen LogP) is 0.0603. The lowest BCUT2D eigenvalue weighted by atomic mass is 10.2. The van der Waals surface area contributed by atoms with Crippen LogP contribution in [0, 0.1) is 0 Å². The van der Waals surface area contributed by atoms with Gasteiger partial charge in [0.15, 0.2) is 0 Å². The molecule has 6 nitrogen and oxygen atoms in total. The molecule has 0 aliphatic carbocycles. The van der Waals surface area contributed by atoms with Crippen molar-refractivity contribution in [3.8, 4) is 0 Å². The molecule has 0 aromatic carbocycles. The molecule has 2 N–H and O–H groups in total. The van der Waals surface area contributed by atoms with Crippen LogP contribution in [0.15, 0.2) is 0 Å². The minimum atomic E-state index is -0.778. The van der Waals surface area contributed by atoms with Crippen LogP contribution in [0.1, 0.15) is 19.8 Å². The number of likely N-dealkylation sites (N-methyl/N-ethyl adjacent to an activating group) is 1. The quantitative estimate of drug-likeness (QED) is 0.690. The van der Waals surface area contributed by atoms with Crippen LogP contribution in [0.3, 0.4) is 0 Å². The molecule has 0 aromatic heterocycles. The zero-order chi connectivity index (χ0) is 13.0. The van der Waals surface area contributed by atoms with Crippen LogP contribution < -0.4 is 10.6 Å². The maximum atomic E-state index is 11.7. The summed E-state index contributed by atoms with van der Waals surface area (Å²) in [4.78, 5) is 35.9. The molecular weight excluding hydrogens is 246 g/mol. The van der Waals surface area contributed by atoms with E-state index >= 15 is 0 Å². The monoisotopic (exact) mass is 261 g/mol. The Morgan fingerprint density at radius 3 is 2.59 bits per heavy atom. The first-order chi connectivity index (χ1) is 7.97. The van der Waals surface area contributed by atoms with Gasteiger partial charge in [-0.05, 0) is 19.8 Å². The number of nitrogens with one attached hydrogen (secondary N) is 2. The highest BCUT2D eigenvalue weighted by atomic mass is 35.5. The summed E-state index contributed by atoms with van der Waals surface area (Å²) in [5, 5.41) is 3.88. The van der Waals surface area contributed by atoms with Crippen LogP contribution in [0.25, 0.3) is 0 Å². The van der Waals surface area contributed by atoms with Crippen molar-refractivity contribution in [2.24, 2.45) is 0 Å². The van der Waals surface area contributed by atoms with Crippen molar-refractivity contribution in [1.82, 2.24) is 15.5 Å². The number of amides is 4. The molecular formula is C10H16ClN3O3. The third-order valence-corrected chi connectivity index (χ3v) is 2.85. The van der Waals surface area contributed by atoms with Crippen LogP contribution >= 0.6 is 11.6 Å². The zero-order valence-corrected chi connectivity index (χ0v) is 10.6. The van der Waals surface area contributed by atoms with Gasteiger partial charge in [-0.3, -0.25) is 14.9 Å². The van der Waals surface area contributed by atoms with Crippen LogP contribution in [0.4, 0.5) is 4.79 Å². The van der Waals surface area contributed by atoms with E-state index in [4.69, 9.17) is 11.6 Å². The normalized spacial score (nSPS) is 20.9. The summed E-state index contributed by atoms with van der Waals surface area (Å²) in [5.74, 6) is -0.775. The average Bonchev–Trinajstić information content (AvgIpc) is 2.76. The number of nitrogens with zero attached hydrogens (tertiary/aromatic N) is 1. The molecule has 1 rings (SSSR count). The molecule has 1 aliphatic heterocycles. The van der Waals surface area contributed by atoms with E-state index in [0.717, 1.165) is 6.42 Å². The van der Waals surface area contributed by atoms with Crippen molar-refractivity contribution in [1.29, 1.82) is 0 Å². The van der Waals surface area contributed by atoms with Crippen molar-refractivity contribution in [3.05, 3.63) is 0 Å². The van der Waals surface area contributed by atoms with Gasteiger partial charge in [0.05, 0.1) is 0 Å². The summed E-state index contributed by atoms with van der Waals surface area (Å²) in [6.45, 7) is 1.94. The van der Waals surface area contributed by atoms with Crippen molar-refractivity contribution >= 4 is 29.4 Å². The minimum Gasteiger partial charge on any atom is -0.357 e. The van der Waals surface area contributed by atoms with E-state index in [2.05, 4.69) is 10.6 Å². The van der Waals surface area contributed by atoms with Crippen LogP contribution in [0.2, 0.25) is 0 Å². The third-order valence-electron chi connectivity index (χ3n) is 2.65. The highest BCUT2D eigenvalue weighted by Crippen LogP contribution is 2.17. The number of hydrogen-bond donors (Lipinski definition) is 2. The third kappa shape index (κ3) is 3.33. The SMILES string of the molecule is CNC(=O)C1CCCN1C(=O)NC(=O)C(C)Cl. The summed E-state index contributed by atoms with van der Waals surface area (Å²) in [5.41, 5.74) is 0. The molecule has 4 amide bonds. The molecule has 96 valence electrons. The Hall–Kier alpha value is -1.30. The first kappa shape index (κ1) is 13.8. The second-order valence-corrected chi connectivity index (χ2v) is 4.53. The number of alkyl halides is 1. The molecule has 1 fully saturated rings. The Kier molecular flexibility index (Phi) is 4.74. The van der Waals surface area contributed by atoms with E-state index in [1.54, 1.807) is 0 Å². The number of urea groups is 1. The smallest absolute Gasteiger partial charge is 0.324 e. The van der Waals surface area contributed by atoms with Gasteiger partial charge < -0.3 is 10.2 Å². The molecule has 0 radical (unpaired) electrons. The number of carbonyl (C=O) groups excluding carboxylic acids is 3. The summed E-state index contributed by atoms with van der Waals surface area (Å²) in [6, 6.07) is -1.06. The van der Waals surface area contributed by atoms with Crippen LogP contribution in [-0.2, 0) is 9.59 Å². The Morgan fingerprint density at radius 1 is 1.41 bits per heavy atom. The topological polar surface area (TPSA) is 78.5 Å². The van der Waals surface area contributed by atoms with E-state index in [1.807, 2.05) is 0 Å². The van der Waals surface area contributed by atoms with E-state index in [1.165, 1.54) is 18.9 Å². The van der Waals surface area contributed by atoms with E-state index in [9.17, 15) is 14.4 Å². The molecule has 2 atom stereocenters. The average molecular weight is 262 g/mol. The number of hydrogen-bond acceptors (Lipinski definition) is 3. The van der Waals surface area contributed by atoms with Crippen molar-refractivity contribution in [3.63, 3.8) is 0 Å². The summed E-state index contributed by atoms with van der Waals surface area (Å²) in [7, 11) is 1.52. The summed E-state index contributed by atoms with van der Waals surface area (Å²) < 4.78 is 0. The predicted molar refractivity (Wildman–Crippen MR) is 62.6 cm³/mol. The maximum absolute atomic E-state index is 11.7. The van der Waals surface area contributed by atoms with Gasteiger partial charge in [0, 0.05) is 13.6 Å². The highest BCUT2D eigenvalue weighted by Gasteiger charge is 2.34. The van der Waals surface area contributed by atoms with Crippen LogP contribution in [-0.4, -0.2) is 47.8 Å².